The van der Waals surface area contributed by atoms with E-state index in [9.17, 15) is 9.90 Å². The minimum absolute atomic E-state index is 0.0789. The summed E-state index contributed by atoms with van der Waals surface area (Å²) in [5, 5.41) is 14.1. The number of nitrogens with zero attached hydrogens (tertiary/aromatic N) is 4. The zero-order chi connectivity index (χ0) is 19.5. The number of pyridine rings is 1. The lowest BCUT2D eigenvalue weighted by Gasteiger charge is -2.34. The van der Waals surface area contributed by atoms with Crippen LogP contribution in [0.1, 0.15) is 33.5 Å². The summed E-state index contributed by atoms with van der Waals surface area (Å²) in [4.78, 5) is 19.1. The number of hydrogen-bond donors (Lipinski definition) is 1. The molecule has 28 heavy (non-hydrogen) atoms. The average Bonchev–Trinajstić information content (AvgIpc) is 3.16. The van der Waals surface area contributed by atoms with Crippen LogP contribution in [-0.4, -0.2) is 43.8 Å². The van der Waals surface area contributed by atoms with Crippen molar-refractivity contribution < 1.29 is 14.6 Å². The highest BCUT2D eigenvalue weighted by atomic mass is 16.5. The van der Waals surface area contributed by atoms with Crippen LogP contribution in [0.3, 0.4) is 0 Å². The van der Waals surface area contributed by atoms with Crippen LogP contribution >= 0.6 is 0 Å². The SMILES string of the molecule is Cc1cccc(COCC2CN(C(=O)c3cccc(O)c3)Cc3ccnn32)n1. The van der Waals surface area contributed by atoms with Crippen molar-refractivity contribution in [2.24, 2.45) is 0 Å². The summed E-state index contributed by atoms with van der Waals surface area (Å²) in [6.07, 6.45) is 1.74. The lowest BCUT2D eigenvalue weighted by Crippen LogP contribution is -2.42. The van der Waals surface area contributed by atoms with Crippen molar-refractivity contribution in [3.8, 4) is 5.75 Å². The number of benzene rings is 1. The molecule has 2 aromatic heterocycles. The van der Waals surface area contributed by atoms with Gasteiger partial charge >= 0.3 is 0 Å². The van der Waals surface area contributed by atoms with Crippen molar-refractivity contribution >= 4 is 5.91 Å². The first-order valence-electron chi connectivity index (χ1n) is 9.21. The maximum atomic E-state index is 12.9. The van der Waals surface area contributed by atoms with E-state index in [2.05, 4.69) is 10.1 Å². The molecular formula is C21H22N4O3. The highest BCUT2D eigenvalue weighted by molar-refractivity contribution is 5.94. The Hall–Kier alpha value is -3.19. The van der Waals surface area contributed by atoms with Gasteiger partial charge in [-0.15, -0.1) is 0 Å². The molecule has 3 aromatic rings. The summed E-state index contributed by atoms with van der Waals surface area (Å²) < 4.78 is 7.82. The molecule has 144 valence electrons. The van der Waals surface area contributed by atoms with E-state index in [0.717, 1.165) is 17.1 Å². The quantitative estimate of drug-likeness (QED) is 0.738. The van der Waals surface area contributed by atoms with Crippen LogP contribution in [0.5, 0.6) is 5.75 Å². The molecule has 3 heterocycles. The van der Waals surface area contributed by atoms with Crippen molar-refractivity contribution in [1.29, 1.82) is 0 Å². The van der Waals surface area contributed by atoms with E-state index in [1.807, 2.05) is 35.9 Å². The van der Waals surface area contributed by atoms with Crippen LogP contribution in [0, 0.1) is 6.92 Å². The first-order chi connectivity index (χ1) is 13.6. The van der Waals surface area contributed by atoms with Crippen molar-refractivity contribution in [2.75, 3.05) is 13.2 Å². The maximum absolute atomic E-state index is 12.9. The van der Waals surface area contributed by atoms with Gasteiger partial charge in [-0.2, -0.15) is 5.10 Å². The van der Waals surface area contributed by atoms with E-state index in [1.165, 1.54) is 6.07 Å². The van der Waals surface area contributed by atoms with Gasteiger partial charge < -0.3 is 14.7 Å². The zero-order valence-electron chi connectivity index (χ0n) is 15.7. The monoisotopic (exact) mass is 378 g/mol. The molecule has 0 aliphatic carbocycles. The molecule has 0 spiro atoms. The van der Waals surface area contributed by atoms with Gasteiger partial charge in [-0.1, -0.05) is 12.1 Å². The molecule has 1 atom stereocenters. The van der Waals surface area contributed by atoms with Crippen molar-refractivity contribution in [1.82, 2.24) is 19.7 Å². The van der Waals surface area contributed by atoms with Gasteiger partial charge in [-0.3, -0.25) is 14.5 Å². The Balaban J connectivity index is 1.46. The molecule has 7 nitrogen and oxygen atoms in total. The molecule has 0 radical (unpaired) electrons. The van der Waals surface area contributed by atoms with Crippen LogP contribution in [-0.2, 0) is 17.9 Å². The maximum Gasteiger partial charge on any atom is 0.254 e. The molecule has 0 fully saturated rings. The van der Waals surface area contributed by atoms with Crippen LogP contribution in [0.15, 0.2) is 54.7 Å². The summed E-state index contributed by atoms with van der Waals surface area (Å²) >= 11 is 0. The summed E-state index contributed by atoms with van der Waals surface area (Å²) in [6, 6.07) is 14.1. The topological polar surface area (TPSA) is 80.5 Å². The van der Waals surface area contributed by atoms with Crippen molar-refractivity contribution in [3.63, 3.8) is 0 Å². The first-order valence-corrected chi connectivity index (χ1v) is 9.21. The number of hydrogen-bond acceptors (Lipinski definition) is 5. The number of phenolic OH excluding ortho intramolecular Hbond substituents is 1. The third-order valence-corrected chi connectivity index (χ3v) is 4.77. The summed E-state index contributed by atoms with van der Waals surface area (Å²) in [7, 11) is 0. The number of carbonyl (C=O) groups is 1. The first kappa shape index (κ1) is 18.2. The largest absolute Gasteiger partial charge is 0.508 e. The highest BCUT2D eigenvalue weighted by Crippen LogP contribution is 2.23. The van der Waals surface area contributed by atoms with Gasteiger partial charge in [0.15, 0.2) is 0 Å². The van der Waals surface area contributed by atoms with Gasteiger partial charge in [0, 0.05) is 24.0 Å². The predicted octanol–water partition coefficient (Wildman–Crippen LogP) is 2.71. The van der Waals surface area contributed by atoms with Gasteiger partial charge in [0.05, 0.1) is 37.2 Å². The number of rotatable bonds is 5. The Labute approximate surface area is 163 Å². The normalized spacial score (nSPS) is 16.0. The molecule has 4 rings (SSSR count). The van der Waals surface area contributed by atoms with E-state index in [0.29, 0.717) is 31.9 Å². The Bertz CT molecular complexity index is 985. The standard InChI is InChI=1S/C21H22N4O3/c1-15-4-2-6-17(23-15)13-28-14-19-12-24(11-18-8-9-22-25(18)19)21(27)16-5-3-7-20(26)10-16/h2-10,19,26H,11-14H2,1H3. The van der Waals surface area contributed by atoms with Crippen molar-refractivity contribution in [3.05, 3.63) is 77.4 Å². The van der Waals surface area contributed by atoms with Gasteiger partial charge in [0.2, 0.25) is 0 Å². The molecular weight excluding hydrogens is 356 g/mol. The van der Waals surface area contributed by atoms with E-state index < -0.39 is 0 Å². The minimum atomic E-state index is -0.117. The summed E-state index contributed by atoms with van der Waals surface area (Å²) in [5.74, 6) is -0.0351. The van der Waals surface area contributed by atoms with Crippen LogP contribution in [0.2, 0.25) is 0 Å². The number of ether oxygens (including phenoxy) is 1. The van der Waals surface area contributed by atoms with E-state index >= 15 is 0 Å². The smallest absolute Gasteiger partial charge is 0.254 e. The predicted molar refractivity (Wildman–Crippen MR) is 103 cm³/mol. The molecule has 0 saturated carbocycles. The van der Waals surface area contributed by atoms with Crippen LogP contribution in [0.4, 0.5) is 0 Å². The molecule has 1 aliphatic rings. The molecule has 7 heteroatoms. The van der Waals surface area contributed by atoms with E-state index in [1.54, 1.807) is 29.3 Å². The van der Waals surface area contributed by atoms with Gasteiger partial charge in [-0.25, -0.2) is 0 Å². The van der Waals surface area contributed by atoms with E-state index in [4.69, 9.17) is 4.74 Å². The number of phenols is 1. The number of aromatic nitrogens is 3. The Morgan fingerprint density at radius 2 is 2.11 bits per heavy atom. The number of carbonyl (C=O) groups excluding carboxylic acids is 1. The fourth-order valence-corrected chi connectivity index (χ4v) is 3.47. The van der Waals surface area contributed by atoms with Gasteiger partial charge in [0.25, 0.3) is 5.91 Å². The molecule has 1 aliphatic heterocycles. The molecule has 1 unspecified atom stereocenters. The van der Waals surface area contributed by atoms with E-state index in [-0.39, 0.29) is 17.7 Å². The third-order valence-electron chi connectivity index (χ3n) is 4.77. The molecule has 0 saturated heterocycles. The summed E-state index contributed by atoms with van der Waals surface area (Å²) in [5.41, 5.74) is 3.26. The Kier molecular flexibility index (Phi) is 5.08. The molecule has 1 amide bonds. The Morgan fingerprint density at radius 3 is 2.93 bits per heavy atom. The zero-order valence-corrected chi connectivity index (χ0v) is 15.7. The number of aryl methyl sites for hydroxylation is 1. The fraction of sp³-hybridized carbons (Fsp3) is 0.286. The fourth-order valence-electron chi connectivity index (χ4n) is 3.47. The summed E-state index contributed by atoms with van der Waals surface area (Å²) in [6.45, 7) is 3.75. The highest BCUT2D eigenvalue weighted by Gasteiger charge is 2.29. The van der Waals surface area contributed by atoms with Gasteiger partial charge in [0.1, 0.15) is 5.75 Å². The van der Waals surface area contributed by atoms with Crippen LogP contribution < -0.4 is 0 Å². The van der Waals surface area contributed by atoms with Gasteiger partial charge in [-0.05, 0) is 43.3 Å². The minimum Gasteiger partial charge on any atom is -0.508 e. The number of fused-ring (bicyclic) bond motifs is 1. The lowest BCUT2D eigenvalue weighted by molar-refractivity contribution is 0.0440. The second-order valence-corrected chi connectivity index (χ2v) is 6.94. The molecule has 1 aromatic carbocycles. The van der Waals surface area contributed by atoms with Crippen LogP contribution in [0.25, 0.3) is 0 Å². The second kappa shape index (κ2) is 7.82. The third kappa shape index (κ3) is 3.89. The number of aromatic hydroxyl groups is 1. The average molecular weight is 378 g/mol. The Morgan fingerprint density at radius 1 is 1.25 bits per heavy atom. The molecule has 0 bridgehead atoms. The second-order valence-electron chi connectivity index (χ2n) is 6.94. The molecule has 1 N–H and O–H groups in total. The number of amides is 1. The lowest BCUT2D eigenvalue weighted by atomic mass is 10.1. The van der Waals surface area contributed by atoms with Crippen molar-refractivity contribution in [2.45, 2.75) is 26.1 Å².